The van der Waals surface area contributed by atoms with Gasteiger partial charge in [-0.05, 0) is 35.1 Å². The van der Waals surface area contributed by atoms with Crippen LogP contribution in [0, 0.1) is 11.8 Å². The molecule has 27 heavy (non-hydrogen) atoms. The third-order valence-corrected chi connectivity index (χ3v) is 5.28. The van der Waals surface area contributed by atoms with Gasteiger partial charge in [0, 0.05) is 11.8 Å². The Morgan fingerprint density at radius 3 is 1.33 bits per heavy atom. The topological polar surface area (TPSA) is 27.7 Å². The minimum Gasteiger partial charge on any atom is -0.496 e. The number of hydrogen-bond donors (Lipinski definition) is 0. The molecule has 0 saturated carbocycles. The predicted octanol–water partition coefficient (Wildman–Crippen LogP) is 5.90. The van der Waals surface area contributed by atoms with Crippen molar-refractivity contribution < 1.29 is 14.2 Å². The number of para-hydroxylation sites is 2. The van der Waals surface area contributed by atoms with Gasteiger partial charge >= 0.3 is 0 Å². The smallest absolute Gasteiger partial charge is 0.122 e. The monoisotopic (exact) mass is 370 g/mol. The number of methoxy groups -OCH3 is 2. The third-order valence-electron chi connectivity index (χ3n) is 5.28. The van der Waals surface area contributed by atoms with Crippen LogP contribution in [-0.2, 0) is 4.74 Å². The largest absolute Gasteiger partial charge is 0.496 e. The molecule has 3 nitrogen and oxygen atoms in total. The van der Waals surface area contributed by atoms with Crippen LogP contribution in [0.1, 0.15) is 50.7 Å². The van der Waals surface area contributed by atoms with E-state index in [0.717, 1.165) is 11.5 Å². The molecular formula is C24H34O3. The van der Waals surface area contributed by atoms with E-state index in [-0.39, 0.29) is 0 Å². The first kappa shape index (κ1) is 21.3. The van der Waals surface area contributed by atoms with Crippen molar-refractivity contribution in [2.45, 2.75) is 39.5 Å². The van der Waals surface area contributed by atoms with Crippen molar-refractivity contribution in [3.8, 4) is 11.5 Å². The molecule has 2 aromatic rings. The molecule has 0 amide bonds. The first-order valence-electron chi connectivity index (χ1n) is 9.83. The highest BCUT2D eigenvalue weighted by atomic mass is 16.5. The van der Waals surface area contributed by atoms with Gasteiger partial charge in [0.15, 0.2) is 0 Å². The molecule has 2 rings (SSSR count). The van der Waals surface area contributed by atoms with Crippen molar-refractivity contribution in [3.05, 3.63) is 59.7 Å². The van der Waals surface area contributed by atoms with Gasteiger partial charge in [0.05, 0.1) is 27.4 Å². The van der Waals surface area contributed by atoms with E-state index < -0.39 is 0 Å². The molecule has 0 aromatic heterocycles. The summed E-state index contributed by atoms with van der Waals surface area (Å²) >= 11 is 0. The van der Waals surface area contributed by atoms with E-state index in [1.54, 1.807) is 14.2 Å². The Morgan fingerprint density at radius 2 is 1.00 bits per heavy atom. The number of hydrogen-bond acceptors (Lipinski definition) is 3. The highest BCUT2D eigenvalue weighted by molar-refractivity contribution is 5.37. The maximum absolute atomic E-state index is 6.28. The van der Waals surface area contributed by atoms with Gasteiger partial charge in [-0.2, -0.15) is 0 Å². The van der Waals surface area contributed by atoms with E-state index >= 15 is 0 Å². The number of rotatable bonds is 10. The zero-order valence-corrected chi connectivity index (χ0v) is 17.6. The summed E-state index contributed by atoms with van der Waals surface area (Å²) in [7, 11) is 3.46. The van der Waals surface area contributed by atoms with Crippen molar-refractivity contribution in [2.24, 2.45) is 11.8 Å². The normalized spacial score (nSPS) is 13.6. The van der Waals surface area contributed by atoms with Crippen LogP contribution in [0.15, 0.2) is 48.5 Å². The van der Waals surface area contributed by atoms with Gasteiger partial charge in [0.2, 0.25) is 0 Å². The zero-order chi connectivity index (χ0) is 19.8. The second-order valence-electron chi connectivity index (χ2n) is 7.72. The summed E-state index contributed by atoms with van der Waals surface area (Å²) in [6.45, 7) is 10.3. The fourth-order valence-electron chi connectivity index (χ4n) is 3.55. The molecule has 0 N–H and O–H groups in total. The first-order valence-corrected chi connectivity index (χ1v) is 9.83. The van der Waals surface area contributed by atoms with Crippen LogP contribution in [0.2, 0.25) is 0 Å². The second-order valence-corrected chi connectivity index (χ2v) is 7.72. The Labute approximate surface area is 164 Å². The van der Waals surface area contributed by atoms with Gasteiger partial charge in [-0.15, -0.1) is 0 Å². The van der Waals surface area contributed by atoms with E-state index in [2.05, 4.69) is 52.0 Å². The van der Waals surface area contributed by atoms with Crippen LogP contribution >= 0.6 is 0 Å². The molecule has 0 radical (unpaired) electrons. The fourth-order valence-corrected chi connectivity index (χ4v) is 3.55. The Kier molecular flexibility index (Phi) is 8.18. The highest BCUT2D eigenvalue weighted by Crippen LogP contribution is 2.34. The SMILES string of the molecule is COc1ccccc1C(COCC(c1ccccc1OC)C(C)C)C(C)C. The lowest BCUT2D eigenvalue weighted by Gasteiger charge is -2.27. The van der Waals surface area contributed by atoms with Crippen molar-refractivity contribution in [3.63, 3.8) is 0 Å². The first-order chi connectivity index (χ1) is 13.0. The molecule has 148 valence electrons. The lowest BCUT2D eigenvalue weighted by atomic mass is 9.87. The van der Waals surface area contributed by atoms with Crippen LogP contribution in [0.25, 0.3) is 0 Å². The molecule has 0 saturated heterocycles. The van der Waals surface area contributed by atoms with Crippen LogP contribution in [0.5, 0.6) is 11.5 Å². The van der Waals surface area contributed by atoms with Crippen molar-refractivity contribution in [2.75, 3.05) is 27.4 Å². The molecule has 0 aliphatic rings. The van der Waals surface area contributed by atoms with E-state index in [0.29, 0.717) is 36.9 Å². The molecule has 0 bridgehead atoms. The fraction of sp³-hybridized carbons (Fsp3) is 0.500. The quantitative estimate of drug-likeness (QED) is 0.521. The van der Waals surface area contributed by atoms with Gasteiger partial charge in [0.1, 0.15) is 11.5 Å². The molecule has 0 aliphatic heterocycles. The third kappa shape index (κ3) is 5.49. The molecule has 2 unspecified atom stereocenters. The van der Waals surface area contributed by atoms with Crippen molar-refractivity contribution in [1.82, 2.24) is 0 Å². The maximum atomic E-state index is 6.28. The Balaban J connectivity index is 2.12. The van der Waals surface area contributed by atoms with Crippen molar-refractivity contribution >= 4 is 0 Å². The standard InChI is InChI=1S/C24H34O3/c1-17(2)21(19-11-7-9-13-23(19)25-5)15-27-16-22(18(3)4)20-12-8-10-14-24(20)26-6/h7-14,17-18,21-22H,15-16H2,1-6H3. The van der Waals surface area contributed by atoms with Crippen molar-refractivity contribution in [1.29, 1.82) is 0 Å². The van der Waals surface area contributed by atoms with Gasteiger partial charge in [0.25, 0.3) is 0 Å². The highest BCUT2D eigenvalue weighted by Gasteiger charge is 2.23. The molecule has 0 fully saturated rings. The van der Waals surface area contributed by atoms with E-state index in [4.69, 9.17) is 14.2 Å². The zero-order valence-electron chi connectivity index (χ0n) is 17.6. The minimum atomic E-state index is 0.298. The minimum absolute atomic E-state index is 0.298. The Morgan fingerprint density at radius 1 is 0.630 bits per heavy atom. The molecule has 0 heterocycles. The summed E-state index contributed by atoms with van der Waals surface area (Å²) in [4.78, 5) is 0. The van der Waals surface area contributed by atoms with E-state index in [9.17, 15) is 0 Å². The summed E-state index contributed by atoms with van der Waals surface area (Å²) in [5.41, 5.74) is 2.43. The summed E-state index contributed by atoms with van der Waals surface area (Å²) in [6.07, 6.45) is 0. The van der Waals surface area contributed by atoms with Crippen LogP contribution in [0.3, 0.4) is 0 Å². The van der Waals surface area contributed by atoms with Crippen LogP contribution < -0.4 is 9.47 Å². The summed E-state index contributed by atoms with van der Waals surface area (Å²) in [5, 5.41) is 0. The average Bonchev–Trinajstić information content (AvgIpc) is 2.67. The lowest BCUT2D eigenvalue weighted by Crippen LogP contribution is -2.20. The number of benzene rings is 2. The molecule has 0 spiro atoms. The van der Waals surface area contributed by atoms with Gasteiger partial charge in [-0.25, -0.2) is 0 Å². The predicted molar refractivity (Wildman–Crippen MR) is 112 cm³/mol. The van der Waals surface area contributed by atoms with Crippen LogP contribution in [-0.4, -0.2) is 27.4 Å². The summed E-state index contributed by atoms with van der Waals surface area (Å²) in [6, 6.07) is 16.5. The lowest BCUT2D eigenvalue weighted by molar-refractivity contribution is 0.0855. The second kappa shape index (κ2) is 10.4. The molecule has 2 aromatic carbocycles. The van der Waals surface area contributed by atoms with Gasteiger partial charge in [-0.3, -0.25) is 0 Å². The van der Waals surface area contributed by atoms with E-state index in [1.807, 2.05) is 24.3 Å². The summed E-state index contributed by atoms with van der Waals surface area (Å²) in [5.74, 6) is 3.39. The molecular weight excluding hydrogens is 336 g/mol. The van der Waals surface area contributed by atoms with Gasteiger partial charge in [-0.1, -0.05) is 64.1 Å². The molecule has 0 aliphatic carbocycles. The Bertz CT molecular complexity index is 634. The Hall–Kier alpha value is -2.00. The van der Waals surface area contributed by atoms with E-state index in [1.165, 1.54) is 11.1 Å². The summed E-state index contributed by atoms with van der Waals surface area (Å²) < 4.78 is 17.4. The maximum Gasteiger partial charge on any atom is 0.122 e. The average molecular weight is 371 g/mol. The number of ether oxygens (including phenoxy) is 3. The van der Waals surface area contributed by atoms with Crippen LogP contribution in [0.4, 0.5) is 0 Å². The molecule has 3 heteroatoms. The van der Waals surface area contributed by atoms with Gasteiger partial charge < -0.3 is 14.2 Å². The molecule has 2 atom stereocenters.